The lowest BCUT2D eigenvalue weighted by Gasteiger charge is -1.96. The molecule has 14 heavy (non-hydrogen) atoms. The summed E-state index contributed by atoms with van der Waals surface area (Å²) in [5.41, 5.74) is 1.27. The zero-order valence-corrected chi connectivity index (χ0v) is 8.31. The fraction of sp³-hybridized carbons (Fsp3) is 0.111. The summed E-state index contributed by atoms with van der Waals surface area (Å²) >= 11 is 1.62. The smallest absolute Gasteiger partial charge is 0.141 e. The van der Waals surface area contributed by atoms with E-state index in [2.05, 4.69) is 22.4 Å². The lowest BCUT2D eigenvalue weighted by atomic mass is 10.2. The molecule has 1 aromatic carbocycles. The van der Waals surface area contributed by atoms with Gasteiger partial charge < -0.3 is 5.84 Å². The molecule has 72 valence electrons. The summed E-state index contributed by atoms with van der Waals surface area (Å²) in [5, 5.41) is 8.38. The van der Waals surface area contributed by atoms with Crippen molar-refractivity contribution in [1.82, 2.24) is 15.1 Å². The average molecular weight is 206 g/mol. The Morgan fingerprint density at radius 1 is 1.29 bits per heavy atom. The number of hydrogen-bond donors (Lipinski definition) is 1. The molecule has 0 amide bonds. The van der Waals surface area contributed by atoms with Crippen LogP contribution in [-0.4, -0.2) is 15.1 Å². The number of rotatable bonds is 3. The lowest BCUT2D eigenvalue weighted by molar-refractivity contribution is 0.761. The van der Waals surface area contributed by atoms with Crippen LogP contribution in [0.3, 0.4) is 0 Å². The van der Waals surface area contributed by atoms with E-state index in [9.17, 15) is 0 Å². The summed E-state index contributed by atoms with van der Waals surface area (Å²) in [7, 11) is 0. The van der Waals surface area contributed by atoms with Gasteiger partial charge in [-0.15, -0.1) is 5.10 Å². The van der Waals surface area contributed by atoms with Gasteiger partial charge in [0.1, 0.15) is 5.03 Å². The molecule has 0 aliphatic heterocycles. The molecule has 0 bridgehead atoms. The molecule has 0 fully saturated rings. The third-order valence-corrected chi connectivity index (χ3v) is 2.68. The van der Waals surface area contributed by atoms with Crippen LogP contribution in [-0.2, 0) is 5.75 Å². The van der Waals surface area contributed by atoms with E-state index in [4.69, 9.17) is 5.84 Å². The van der Waals surface area contributed by atoms with Crippen molar-refractivity contribution in [3.63, 3.8) is 0 Å². The highest BCUT2D eigenvalue weighted by molar-refractivity contribution is 7.98. The fourth-order valence-electron chi connectivity index (χ4n) is 1.06. The quantitative estimate of drug-likeness (QED) is 0.607. The van der Waals surface area contributed by atoms with Crippen molar-refractivity contribution >= 4 is 11.8 Å². The van der Waals surface area contributed by atoms with Crippen LogP contribution in [0, 0.1) is 0 Å². The van der Waals surface area contributed by atoms with Gasteiger partial charge >= 0.3 is 0 Å². The Morgan fingerprint density at radius 2 is 2.07 bits per heavy atom. The standard InChI is InChI=1S/C9H10N4S/c10-13-6-9(11-12-13)14-7-8-4-2-1-3-5-8/h1-6H,7,10H2. The number of hydrogen-bond acceptors (Lipinski definition) is 4. The van der Waals surface area contributed by atoms with Gasteiger partial charge in [-0.1, -0.05) is 42.1 Å². The molecule has 1 aromatic heterocycles. The summed E-state index contributed by atoms with van der Waals surface area (Å²) in [5.74, 6) is 6.27. The van der Waals surface area contributed by atoms with E-state index in [1.165, 1.54) is 10.4 Å². The normalized spacial score (nSPS) is 10.3. The summed E-state index contributed by atoms with van der Waals surface area (Å²) in [6.45, 7) is 0. The summed E-state index contributed by atoms with van der Waals surface area (Å²) in [6.07, 6.45) is 1.70. The third kappa shape index (κ3) is 2.26. The highest BCUT2D eigenvalue weighted by Gasteiger charge is 1.99. The molecule has 0 saturated carbocycles. The number of benzene rings is 1. The molecule has 0 atom stereocenters. The van der Waals surface area contributed by atoms with E-state index >= 15 is 0 Å². The van der Waals surface area contributed by atoms with Crippen molar-refractivity contribution in [3.05, 3.63) is 42.1 Å². The molecule has 1 heterocycles. The van der Waals surface area contributed by atoms with Crippen LogP contribution in [0.25, 0.3) is 0 Å². The van der Waals surface area contributed by atoms with Crippen LogP contribution >= 0.6 is 11.8 Å². The first-order valence-corrected chi connectivity index (χ1v) is 5.17. The van der Waals surface area contributed by atoms with Gasteiger partial charge in [-0.2, -0.15) is 4.79 Å². The molecular weight excluding hydrogens is 196 g/mol. The van der Waals surface area contributed by atoms with Crippen LogP contribution < -0.4 is 5.84 Å². The monoisotopic (exact) mass is 206 g/mol. The van der Waals surface area contributed by atoms with Gasteiger partial charge in [-0.25, -0.2) is 0 Å². The minimum atomic E-state index is 0.844. The molecule has 0 spiro atoms. The SMILES string of the molecule is Nn1cc(SCc2ccccc2)nn1. The van der Waals surface area contributed by atoms with E-state index in [1.54, 1.807) is 18.0 Å². The number of nitrogen functional groups attached to an aromatic ring is 1. The highest BCUT2D eigenvalue weighted by Crippen LogP contribution is 2.19. The summed E-state index contributed by atoms with van der Waals surface area (Å²) in [4.78, 5) is 1.22. The van der Waals surface area contributed by atoms with E-state index in [0.717, 1.165) is 10.8 Å². The zero-order valence-electron chi connectivity index (χ0n) is 7.50. The van der Waals surface area contributed by atoms with E-state index in [1.807, 2.05) is 18.2 Å². The Kier molecular flexibility index (Phi) is 2.69. The van der Waals surface area contributed by atoms with Crippen molar-refractivity contribution in [2.75, 3.05) is 5.84 Å². The number of thioether (sulfide) groups is 1. The fourth-order valence-corrected chi connectivity index (χ4v) is 1.84. The Morgan fingerprint density at radius 3 is 2.71 bits per heavy atom. The van der Waals surface area contributed by atoms with Gasteiger partial charge in [0.2, 0.25) is 0 Å². The second-order valence-electron chi connectivity index (χ2n) is 2.81. The third-order valence-electron chi connectivity index (χ3n) is 1.72. The lowest BCUT2D eigenvalue weighted by Crippen LogP contribution is -2.07. The Bertz CT molecular complexity index is 398. The first-order chi connectivity index (χ1) is 6.84. The van der Waals surface area contributed by atoms with Crippen molar-refractivity contribution in [3.8, 4) is 0 Å². The van der Waals surface area contributed by atoms with Crippen LogP contribution in [0.15, 0.2) is 41.6 Å². The van der Waals surface area contributed by atoms with Crippen molar-refractivity contribution in [2.24, 2.45) is 0 Å². The second kappa shape index (κ2) is 4.15. The van der Waals surface area contributed by atoms with Crippen molar-refractivity contribution in [2.45, 2.75) is 10.8 Å². The topological polar surface area (TPSA) is 56.7 Å². The van der Waals surface area contributed by atoms with E-state index in [0.29, 0.717) is 0 Å². The molecule has 4 nitrogen and oxygen atoms in total. The number of nitrogens with two attached hydrogens (primary N) is 1. The molecule has 5 heteroatoms. The highest BCUT2D eigenvalue weighted by atomic mass is 32.2. The summed E-state index contributed by atoms with van der Waals surface area (Å²) in [6, 6.07) is 10.2. The molecule has 0 aliphatic carbocycles. The maximum atomic E-state index is 5.38. The minimum absolute atomic E-state index is 0.844. The Hall–Kier alpha value is -1.49. The van der Waals surface area contributed by atoms with Gasteiger partial charge in [0, 0.05) is 5.75 Å². The molecule has 0 saturated heterocycles. The van der Waals surface area contributed by atoms with Gasteiger partial charge in [0.15, 0.2) is 0 Å². The van der Waals surface area contributed by atoms with Crippen LogP contribution in [0.1, 0.15) is 5.56 Å². The average Bonchev–Trinajstić information content (AvgIpc) is 2.63. The van der Waals surface area contributed by atoms with Crippen molar-refractivity contribution < 1.29 is 0 Å². The predicted octanol–water partition coefficient (Wildman–Crippen LogP) is 1.28. The van der Waals surface area contributed by atoms with Gasteiger partial charge in [-0.05, 0) is 10.8 Å². The van der Waals surface area contributed by atoms with Gasteiger partial charge in [0.05, 0.1) is 6.20 Å². The van der Waals surface area contributed by atoms with E-state index < -0.39 is 0 Å². The largest absolute Gasteiger partial charge is 0.322 e. The maximum absolute atomic E-state index is 5.38. The van der Waals surface area contributed by atoms with Crippen LogP contribution in [0.5, 0.6) is 0 Å². The number of nitrogens with zero attached hydrogens (tertiary/aromatic N) is 3. The van der Waals surface area contributed by atoms with Crippen LogP contribution in [0.4, 0.5) is 0 Å². The molecular formula is C9H10N4S. The zero-order chi connectivity index (χ0) is 9.80. The second-order valence-corrected chi connectivity index (χ2v) is 3.81. The van der Waals surface area contributed by atoms with E-state index in [-0.39, 0.29) is 0 Å². The molecule has 0 unspecified atom stereocenters. The predicted molar refractivity (Wildman–Crippen MR) is 56.2 cm³/mol. The first kappa shape index (κ1) is 9.08. The maximum Gasteiger partial charge on any atom is 0.141 e. The van der Waals surface area contributed by atoms with Crippen LogP contribution in [0.2, 0.25) is 0 Å². The molecule has 2 aromatic rings. The Labute approximate surface area is 86.1 Å². The van der Waals surface area contributed by atoms with Gasteiger partial charge in [-0.3, -0.25) is 0 Å². The minimum Gasteiger partial charge on any atom is -0.322 e. The number of aromatic nitrogens is 3. The molecule has 2 rings (SSSR count). The first-order valence-electron chi connectivity index (χ1n) is 4.19. The Balaban J connectivity index is 1.95. The van der Waals surface area contributed by atoms with Crippen molar-refractivity contribution in [1.29, 1.82) is 0 Å². The summed E-state index contributed by atoms with van der Waals surface area (Å²) < 4.78 is 0. The van der Waals surface area contributed by atoms with Gasteiger partial charge in [0.25, 0.3) is 0 Å². The molecule has 2 N–H and O–H groups in total. The molecule has 0 aliphatic rings. The molecule has 0 radical (unpaired) electrons.